The lowest BCUT2D eigenvalue weighted by Crippen LogP contribution is -2.42. The molecule has 1 aromatic carbocycles. The first kappa shape index (κ1) is 15.8. The topological polar surface area (TPSA) is 75.8 Å². The number of rotatable bonds is 6. The van der Waals surface area contributed by atoms with Gasteiger partial charge >= 0.3 is 5.97 Å². The Labute approximate surface area is 125 Å². The summed E-state index contributed by atoms with van der Waals surface area (Å²) in [6.07, 6.45) is 6.00. The third kappa shape index (κ3) is 4.19. The van der Waals surface area contributed by atoms with Crippen LogP contribution in [0.5, 0.6) is 5.75 Å². The minimum absolute atomic E-state index is 0.504. The van der Waals surface area contributed by atoms with Crippen LogP contribution in [-0.2, 0) is 4.79 Å². The monoisotopic (exact) mass is 292 g/mol. The van der Waals surface area contributed by atoms with Crippen LogP contribution in [0.15, 0.2) is 24.3 Å². The van der Waals surface area contributed by atoms with Gasteiger partial charge in [0.25, 0.3) is 0 Å². The van der Waals surface area contributed by atoms with Gasteiger partial charge in [-0.25, -0.2) is 5.01 Å². The van der Waals surface area contributed by atoms with Crippen molar-refractivity contribution in [3.63, 3.8) is 0 Å². The molecule has 0 aromatic heterocycles. The fraction of sp³-hybridized carbons (Fsp3) is 0.562. The molecule has 0 aliphatic heterocycles. The summed E-state index contributed by atoms with van der Waals surface area (Å²) in [5.41, 5.74) is 0.682. The molecule has 1 unspecified atom stereocenters. The molecular formula is C16H24N2O3. The lowest BCUT2D eigenvalue weighted by atomic mass is 9.89. The quantitative estimate of drug-likeness (QED) is 0.622. The summed E-state index contributed by atoms with van der Waals surface area (Å²) < 4.78 is 5.10. The molecule has 0 radical (unpaired) electrons. The van der Waals surface area contributed by atoms with Crippen molar-refractivity contribution in [1.29, 1.82) is 0 Å². The predicted octanol–water partition coefficient (Wildman–Crippen LogP) is 2.58. The average Bonchev–Trinajstić information content (AvgIpc) is 2.49. The SMILES string of the molecule is COc1ccc(C(C(=O)O)N(N)CC2CCCCC2)cc1. The smallest absolute Gasteiger partial charge is 0.326 e. The van der Waals surface area contributed by atoms with Gasteiger partial charge in [-0.3, -0.25) is 10.6 Å². The van der Waals surface area contributed by atoms with Crippen LogP contribution in [0, 0.1) is 5.92 Å². The molecule has 21 heavy (non-hydrogen) atoms. The number of hydrogen-bond acceptors (Lipinski definition) is 4. The van der Waals surface area contributed by atoms with Crippen molar-refractivity contribution in [2.75, 3.05) is 13.7 Å². The minimum Gasteiger partial charge on any atom is -0.497 e. The van der Waals surface area contributed by atoms with Crippen molar-refractivity contribution in [3.05, 3.63) is 29.8 Å². The van der Waals surface area contributed by atoms with Crippen LogP contribution in [0.2, 0.25) is 0 Å². The number of nitrogens with two attached hydrogens (primary N) is 1. The van der Waals surface area contributed by atoms with Gasteiger partial charge in [0.15, 0.2) is 0 Å². The second-order valence-electron chi connectivity index (χ2n) is 5.71. The number of aliphatic carboxylic acids is 1. The Balaban J connectivity index is 2.07. The van der Waals surface area contributed by atoms with E-state index >= 15 is 0 Å². The zero-order chi connectivity index (χ0) is 15.2. The molecule has 1 fully saturated rings. The Morgan fingerprint density at radius 3 is 2.48 bits per heavy atom. The Kier molecular flexibility index (Phi) is 5.59. The summed E-state index contributed by atoms with van der Waals surface area (Å²) in [5.74, 6) is 6.37. The van der Waals surface area contributed by atoms with Gasteiger partial charge in [-0.05, 0) is 36.5 Å². The third-order valence-electron chi connectivity index (χ3n) is 4.19. The van der Waals surface area contributed by atoms with Crippen LogP contribution in [0.25, 0.3) is 0 Å². The van der Waals surface area contributed by atoms with E-state index in [0.29, 0.717) is 23.8 Å². The maximum atomic E-state index is 11.6. The summed E-state index contributed by atoms with van der Waals surface area (Å²) in [4.78, 5) is 11.6. The molecule has 1 saturated carbocycles. The molecule has 2 rings (SSSR count). The molecule has 116 valence electrons. The molecule has 0 heterocycles. The van der Waals surface area contributed by atoms with Crippen LogP contribution in [0.4, 0.5) is 0 Å². The van der Waals surface area contributed by atoms with E-state index in [-0.39, 0.29) is 0 Å². The number of carboxylic acid groups (broad SMARTS) is 1. The fourth-order valence-electron chi connectivity index (χ4n) is 3.04. The fourth-order valence-corrected chi connectivity index (χ4v) is 3.04. The van der Waals surface area contributed by atoms with Gasteiger partial charge in [-0.1, -0.05) is 31.4 Å². The zero-order valence-electron chi connectivity index (χ0n) is 12.5. The highest BCUT2D eigenvalue weighted by Crippen LogP contribution is 2.27. The van der Waals surface area contributed by atoms with Crippen molar-refractivity contribution in [3.8, 4) is 5.75 Å². The molecule has 3 N–H and O–H groups in total. The van der Waals surface area contributed by atoms with Gasteiger partial charge in [0.2, 0.25) is 0 Å². The zero-order valence-corrected chi connectivity index (χ0v) is 12.5. The van der Waals surface area contributed by atoms with E-state index in [1.54, 1.807) is 31.4 Å². The van der Waals surface area contributed by atoms with Crippen LogP contribution < -0.4 is 10.6 Å². The van der Waals surface area contributed by atoms with Gasteiger partial charge in [-0.2, -0.15) is 0 Å². The summed E-state index contributed by atoms with van der Waals surface area (Å²) in [6, 6.07) is 6.24. The normalized spacial score (nSPS) is 17.7. The number of hydrazine groups is 1. The maximum absolute atomic E-state index is 11.6. The Bertz CT molecular complexity index is 455. The summed E-state index contributed by atoms with van der Waals surface area (Å²) in [7, 11) is 1.59. The first-order chi connectivity index (χ1) is 10.1. The first-order valence-electron chi connectivity index (χ1n) is 7.50. The van der Waals surface area contributed by atoms with Crippen molar-refractivity contribution >= 4 is 5.97 Å². The lowest BCUT2D eigenvalue weighted by Gasteiger charge is -2.30. The lowest BCUT2D eigenvalue weighted by molar-refractivity contribution is -0.144. The number of carbonyl (C=O) groups is 1. The van der Waals surface area contributed by atoms with E-state index in [4.69, 9.17) is 10.6 Å². The first-order valence-corrected chi connectivity index (χ1v) is 7.50. The number of ether oxygens (including phenoxy) is 1. The second-order valence-corrected chi connectivity index (χ2v) is 5.71. The summed E-state index contributed by atoms with van der Waals surface area (Å²) >= 11 is 0. The molecule has 1 aromatic rings. The molecular weight excluding hydrogens is 268 g/mol. The molecule has 0 bridgehead atoms. The number of carboxylic acids is 1. The molecule has 0 saturated heterocycles. The molecule has 0 amide bonds. The molecule has 0 spiro atoms. The molecule has 1 atom stereocenters. The molecule has 5 heteroatoms. The van der Waals surface area contributed by atoms with Crippen molar-refractivity contribution in [1.82, 2.24) is 5.01 Å². The standard InChI is InChI=1S/C16H24N2O3/c1-21-14-9-7-13(8-10-14)15(16(19)20)18(17)11-12-5-3-2-4-6-12/h7-10,12,15H,2-6,11,17H2,1H3,(H,19,20). The van der Waals surface area contributed by atoms with Gasteiger partial charge in [0.05, 0.1) is 7.11 Å². The number of methoxy groups -OCH3 is 1. The number of hydrogen-bond donors (Lipinski definition) is 2. The molecule has 1 aliphatic carbocycles. The average molecular weight is 292 g/mol. The van der Waals surface area contributed by atoms with Crippen LogP contribution in [0.1, 0.15) is 43.7 Å². The number of nitrogens with zero attached hydrogens (tertiary/aromatic N) is 1. The Morgan fingerprint density at radius 2 is 1.95 bits per heavy atom. The van der Waals surface area contributed by atoms with E-state index in [2.05, 4.69) is 0 Å². The van der Waals surface area contributed by atoms with Gasteiger partial charge in [0.1, 0.15) is 11.8 Å². The summed E-state index contributed by atoms with van der Waals surface area (Å²) in [6.45, 7) is 0.628. The molecule has 5 nitrogen and oxygen atoms in total. The van der Waals surface area contributed by atoms with Crippen LogP contribution in [-0.4, -0.2) is 29.7 Å². The van der Waals surface area contributed by atoms with E-state index in [1.165, 1.54) is 24.3 Å². The highest BCUT2D eigenvalue weighted by Gasteiger charge is 2.27. The number of benzene rings is 1. The summed E-state index contributed by atoms with van der Waals surface area (Å²) in [5, 5.41) is 11.0. The van der Waals surface area contributed by atoms with Crippen molar-refractivity contribution in [2.24, 2.45) is 11.8 Å². The Hall–Kier alpha value is -1.59. The van der Waals surface area contributed by atoms with E-state index in [0.717, 1.165) is 12.8 Å². The van der Waals surface area contributed by atoms with Crippen LogP contribution >= 0.6 is 0 Å². The highest BCUT2D eigenvalue weighted by molar-refractivity contribution is 5.75. The van der Waals surface area contributed by atoms with E-state index in [9.17, 15) is 9.90 Å². The van der Waals surface area contributed by atoms with Gasteiger partial charge < -0.3 is 9.84 Å². The van der Waals surface area contributed by atoms with Crippen molar-refractivity contribution in [2.45, 2.75) is 38.1 Å². The van der Waals surface area contributed by atoms with Gasteiger partial charge in [-0.15, -0.1) is 0 Å². The molecule has 1 aliphatic rings. The highest BCUT2D eigenvalue weighted by atomic mass is 16.5. The predicted molar refractivity (Wildman–Crippen MR) is 80.8 cm³/mol. The van der Waals surface area contributed by atoms with Crippen LogP contribution in [0.3, 0.4) is 0 Å². The van der Waals surface area contributed by atoms with Gasteiger partial charge in [0, 0.05) is 6.54 Å². The maximum Gasteiger partial charge on any atom is 0.326 e. The van der Waals surface area contributed by atoms with Crippen molar-refractivity contribution < 1.29 is 14.6 Å². The second kappa shape index (κ2) is 7.43. The van der Waals surface area contributed by atoms with E-state index < -0.39 is 12.0 Å². The Morgan fingerprint density at radius 1 is 1.33 bits per heavy atom. The minimum atomic E-state index is -0.918. The van der Waals surface area contributed by atoms with E-state index in [1.807, 2.05) is 0 Å². The third-order valence-corrected chi connectivity index (χ3v) is 4.19. The largest absolute Gasteiger partial charge is 0.497 e.